The maximum absolute atomic E-state index is 6.08. The molecule has 1 atom stereocenters. The fourth-order valence-electron chi connectivity index (χ4n) is 3.05. The van der Waals surface area contributed by atoms with Crippen molar-refractivity contribution >= 4 is 0 Å². The molecule has 0 fully saturated rings. The summed E-state index contributed by atoms with van der Waals surface area (Å²) in [4.78, 5) is 0. The van der Waals surface area contributed by atoms with E-state index in [9.17, 15) is 0 Å². The molecule has 0 saturated carbocycles. The van der Waals surface area contributed by atoms with Gasteiger partial charge < -0.3 is 4.74 Å². The van der Waals surface area contributed by atoms with Crippen LogP contribution in [-0.2, 0) is 4.74 Å². The summed E-state index contributed by atoms with van der Waals surface area (Å²) in [6.07, 6.45) is 5.19. The molecule has 136 valence electrons. The molecule has 1 aromatic rings. The lowest BCUT2D eigenvalue weighted by molar-refractivity contribution is 0.160. The molecule has 1 aromatic carbocycles. The maximum Gasteiger partial charge on any atom is 0.121 e. The third-order valence-corrected chi connectivity index (χ3v) is 4.57. The summed E-state index contributed by atoms with van der Waals surface area (Å²) in [5.74, 6) is 2.22. The van der Waals surface area contributed by atoms with Gasteiger partial charge in [0, 0.05) is 0 Å². The van der Waals surface area contributed by atoms with Crippen LogP contribution in [0.25, 0.3) is 0 Å². The van der Waals surface area contributed by atoms with Gasteiger partial charge in [-0.05, 0) is 65.3 Å². The quantitative estimate of drug-likeness (QED) is 0.444. The van der Waals surface area contributed by atoms with E-state index in [4.69, 9.17) is 4.74 Å². The molecule has 24 heavy (non-hydrogen) atoms. The van der Waals surface area contributed by atoms with Gasteiger partial charge in [-0.15, -0.1) is 0 Å². The molecular formula is C23H38O. The van der Waals surface area contributed by atoms with Gasteiger partial charge in [0.2, 0.25) is 0 Å². The van der Waals surface area contributed by atoms with Crippen molar-refractivity contribution in [2.45, 2.75) is 92.6 Å². The Bertz CT molecular complexity index is 506. The molecule has 0 N–H and O–H groups in total. The molecule has 0 aliphatic heterocycles. The van der Waals surface area contributed by atoms with Crippen LogP contribution in [0.15, 0.2) is 24.5 Å². The van der Waals surface area contributed by atoms with Gasteiger partial charge in [0.25, 0.3) is 0 Å². The maximum atomic E-state index is 6.08. The summed E-state index contributed by atoms with van der Waals surface area (Å²) in [5, 5.41) is 0. The molecule has 0 radical (unpaired) electrons. The van der Waals surface area contributed by atoms with E-state index in [0.717, 1.165) is 6.42 Å². The van der Waals surface area contributed by atoms with Crippen LogP contribution >= 0.6 is 0 Å². The Kier molecular flexibility index (Phi) is 8.06. The Hall–Kier alpha value is -1.24. The molecule has 0 aliphatic carbocycles. The standard InChI is InChI=1S/C23H38O/c1-15(2)11-10-12-24-19(9)23-21(17(5)6)13-20(16(3)4)14-22(23)18(7)8/h10,12-19H,11H2,1-9H3/b12-10-/t19-/m1/s1. The van der Waals surface area contributed by atoms with Crippen molar-refractivity contribution in [1.82, 2.24) is 0 Å². The fourth-order valence-corrected chi connectivity index (χ4v) is 3.05. The van der Waals surface area contributed by atoms with E-state index in [0.29, 0.717) is 23.7 Å². The van der Waals surface area contributed by atoms with Gasteiger partial charge in [-0.2, -0.15) is 0 Å². The van der Waals surface area contributed by atoms with Crippen LogP contribution in [-0.4, -0.2) is 0 Å². The Labute approximate surface area is 150 Å². The second-order valence-electron chi connectivity index (χ2n) is 8.36. The Morgan fingerprint density at radius 3 is 1.67 bits per heavy atom. The molecule has 0 spiro atoms. The summed E-state index contributed by atoms with van der Waals surface area (Å²) in [6, 6.07) is 4.79. The first-order valence-corrected chi connectivity index (χ1v) is 9.63. The average Bonchev–Trinajstić information content (AvgIpc) is 2.49. The normalized spacial score (nSPS) is 13.7. The van der Waals surface area contributed by atoms with Gasteiger partial charge in [0.15, 0.2) is 0 Å². The lowest BCUT2D eigenvalue weighted by atomic mass is 9.82. The van der Waals surface area contributed by atoms with Gasteiger partial charge in [0.05, 0.1) is 6.26 Å². The summed E-state index contributed by atoms with van der Waals surface area (Å²) in [6.45, 7) is 20.3. The van der Waals surface area contributed by atoms with E-state index in [1.165, 1.54) is 22.3 Å². The Balaban J connectivity index is 3.25. The number of rotatable bonds is 8. The molecule has 0 aliphatic rings. The van der Waals surface area contributed by atoms with Crippen LogP contribution in [0, 0.1) is 5.92 Å². The summed E-state index contributed by atoms with van der Waals surface area (Å²) in [5.41, 5.74) is 5.71. The second kappa shape index (κ2) is 9.30. The van der Waals surface area contributed by atoms with Crippen molar-refractivity contribution in [3.05, 3.63) is 46.7 Å². The highest BCUT2D eigenvalue weighted by Gasteiger charge is 2.21. The number of allylic oxidation sites excluding steroid dienone is 1. The van der Waals surface area contributed by atoms with E-state index in [1.807, 2.05) is 6.26 Å². The summed E-state index contributed by atoms with van der Waals surface area (Å²) >= 11 is 0. The van der Waals surface area contributed by atoms with Gasteiger partial charge in [-0.3, -0.25) is 0 Å². The van der Waals surface area contributed by atoms with Gasteiger partial charge in [0.1, 0.15) is 6.10 Å². The average molecular weight is 331 g/mol. The number of hydrogen-bond acceptors (Lipinski definition) is 1. The molecule has 0 bridgehead atoms. The molecule has 1 rings (SSSR count). The van der Waals surface area contributed by atoms with Crippen LogP contribution in [0.4, 0.5) is 0 Å². The third kappa shape index (κ3) is 5.69. The minimum Gasteiger partial charge on any atom is -0.494 e. The van der Waals surface area contributed by atoms with Crippen molar-refractivity contribution in [2.24, 2.45) is 5.92 Å². The van der Waals surface area contributed by atoms with Crippen molar-refractivity contribution < 1.29 is 4.74 Å². The van der Waals surface area contributed by atoms with Crippen molar-refractivity contribution in [3.63, 3.8) is 0 Å². The first-order valence-electron chi connectivity index (χ1n) is 9.63. The monoisotopic (exact) mass is 330 g/mol. The molecule has 0 saturated heterocycles. The van der Waals surface area contributed by atoms with Crippen LogP contribution < -0.4 is 0 Å². The Morgan fingerprint density at radius 1 is 0.792 bits per heavy atom. The van der Waals surface area contributed by atoms with Crippen LogP contribution in [0.3, 0.4) is 0 Å². The molecule has 0 unspecified atom stereocenters. The van der Waals surface area contributed by atoms with E-state index in [1.54, 1.807) is 0 Å². The first-order chi connectivity index (χ1) is 11.1. The van der Waals surface area contributed by atoms with Crippen molar-refractivity contribution in [2.75, 3.05) is 0 Å². The smallest absolute Gasteiger partial charge is 0.121 e. The van der Waals surface area contributed by atoms with Gasteiger partial charge >= 0.3 is 0 Å². The van der Waals surface area contributed by atoms with Gasteiger partial charge in [-0.1, -0.05) is 67.5 Å². The summed E-state index contributed by atoms with van der Waals surface area (Å²) in [7, 11) is 0. The van der Waals surface area contributed by atoms with E-state index >= 15 is 0 Å². The Morgan fingerprint density at radius 2 is 1.29 bits per heavy atom. The van der Waals surface area contributed by atoms with Gasteiger partial charge in [-0.25, -0.2) is 0 Å². The van der Waals surface area contributed by atoms with E-state index in [2.05, 4.69) is 80.5 Å². The fraction of sp³-hybridized carbons (Fsp3) is 0.652. The predicted molar refractivity (Wildman–Crippen MR) is 107 cm³/mol. The molecule has 0 aromatic heterocycles. The highest BCUT2D eigenvalue weighted by atomic mass is 16.5. The molecule has 1 heteroatoms. The van der Waals surface area contributed by atoms with E-state index < -0.39 is 0 Å². The minimum absolute atomic E-state index is 0.0874. The highest BCUT2D eigenvalue weighted by Crippen LogP contribution is 2.36. The molecular weight excluding hydrogens is 292 g/mol. The van der Waals surface area contributed by atoms with Crippen molar-refractivity contribution in [1.29, 1.82) is 0 Å². The van der Waals surface area contributed by atoms with E-state index in [-0.39, 0.29) is 6.10 Å². The molecule has 0 heterocycles. The van der Waals surface area contributed by atoms with Crippen LogP contribution in [0.1, 0.15) is 115 Å². The molecule has 0 amide bonds. The molecule has 1 nitrogen and oxygen atoms in total. The number of hydrogen-bond donors (Lipinski definition) is 0. The van der Waals surface area contributed by atoms with Crippen LogP contribution in [0.2, 0.25) is 0 Å². The lowest BCUT2D eigenvalue weighted by Gasteiger charge is -2.26. The zero-order valence-corrected chi connectivity index (χ0v) is 17.3. The lowest BCUT2D eigenvalue weighted by Crippen LogP contribution is -2.10. The summed E-state index contributed by atoms with van der Waals surface area (Å²) < 4.78 is 6.08. The second-order valence-corrected chi connectivity index (χ2v) is 8.36. The minimum atomic E-state index is 0.0874. The largest absolute Gasteiger partial charge is 0.494 e. The number of benzene rings is 1. The number of ether oxygens (including phenoxy) is 1. The zero-order chi connectivity index (χ0) is 18.4. The zero-order valence-electron chi connectivity index (χ0n) is 17.3. The third-order valence-electron chi connectivity index (χ3n) is 4.57. The van der Waals surface area contributed by atoms with Crippen LogP contribution in [0.5, 0.6) is 0 Å². The first kappa shape index (κ1) is 20.8. The highest BCUT2D eigenvalue weighted by molar-refractivity contribution is 5.44. The SMILES string of the molecule is CC(C)C/C=C\O[C@H](C)c1c(C(C)C)cc(C(C)C)cc1C(C)C. The van der Waals surface area contributed by atoms with Crippen molar-refractivity contribution in [3.8, 4) is 0 Å². The topological polar surface area (TPSA) is 9.23 Å². The predicted octanol–water partition coefficient (Wildman–Crippen LogP) is 7.69.